The molecule has 1 unspecified atom stereocenters. The predicted molar refractivity (Wildman–Crippen MR) is 85.6 cm³/mol. The van der Waals surface area contributed by atoms with Gasteiger partial charge in [-0.2, -0.15) is 0 Å². The van der Waals surface area contributed by atoms with Gasteiger partial charge >= 0.3 is 0 Å². The zero-order valence-corrected chi connectivity index (χ0v) is 12.4. The number of rotatable bonds is 1. The summed E-state index contributed by atoms with van der Waals surface area (Å²) < 4.78 is 0. The van der Waals surface area contributed by atoms with Crippen LogP contribution in [0.15, 0.2) is 36.5 Å². The Labute approximate surface area is 124 Å². The summed E-state index contributed by atoms with van der Waals surface area (Å²) in [6, 6.07) is 10.8. The number of pyridine rings is 1. The lowest BCUT2D eigenvalue weighted by atomic mass is 9.95. The number of aromatic amines is 1. The minimum atomic E-state index is 0.169. The summed E-state index contributed by atoms with van der Waals surface area (Å²) in [5.41, 5.74) is 7.74. The monoisotopic (exact) mass is 277 g/mol. The smallest absolute Gasteiger partial charge is 0.0906 e. The first-order valence-electron chi connectivity index (χ1n) is 7.50. The number of fused-ring (bicyclic) bond motifs is 3. The third-order valence-corrected chi connectivity index (χ3v) is 4.37. The molecule has 1 aliphatic heterocycles. The lowest BCUT2D eigenvalue weighted by Crippen LogP contribution is -2.31. The summed E-state index contributed by atoms with van der Waals surface area (Å²) in [6.45, 7) is 5.36. The van der Waals surface area contributed by atoms with Crippen molar-refractivity contribution in [2.24, 2.45) is 0 Å². The molecule has 0 fully saturated rings. The van der Waals surface area contributed by atoms with Crippen molar-refractivity contribution in [2.75, 3.05) is 6.54 Å². The molecule has 0 saturated heterocycles. The highest BCUT2D eigenvalue weighted by molar-refractivity contribution is 5.89. The first-order valence-corrected chi connectivity index (χ1v) is 7.50. The normalized spacial score (nSPS) is 17.9. The van der Waals surface area contributed by atoms with Gasteiger partial charge in [-0.15, -0.1) is 0 Å². The Morgan fingerprint density at radius 2 is 2.10 bits per heavy atom. The van der Waals surface area contributed by atoms with E-state index in [9.17, 15) is 0 Å². The third-order valence-electron chi connectivity index (χ3n) is 4.37. The molecule has 3 heterocycles. The van der Waals surface area contributed by atoms with E-state index < -0.39 is 0 Å². The van der Waals surface area contributed by atoms with Crippen LogP contribution in [0.5, 0.6) is 0 Å². The van der Waals surface area contributed by atoms with E-state index in [4.69, 9.17) is 0 Å². The number of nitrogens with one attached hydrogen (secondary N) is 2. The maximum absolute atomic E-state index is 4.53. The number of hydrogen-bond acceptors (Lipinski definition) is 2. The van der Waals surface area contributed by atoms with E-state index in [1.807, 2.05) is 12.3 Å². The lowest BCUT2D eigenvalue weighted by Gasteiger charge is -2.24. The second-order valence-electron chi connectivity index (χ2n) is 5.91. The number of benzene rings is 1. The summed E-state index contributed by atoms with van der Waals surface area (Å²) in [5.74, 6) is 0. The summed E-state index contributed by atoms with van der Waals surface area (Å²) in [4.78, 5) is 8.17. The number of hydrogen-bond donors (Lipinski definition) is 2. The molecular weight excluding hydrogens is 258 g/mol. The van der Waals surface area contributed by atoms with Gasteiger partial charge in [0.25, 0.3) is 0 Å². The molecule has 4 rings (SSSR count). The number of aromatic nitrogens is 2. The van der Waals surface area contributed by atoms with Crippen molar-refractivity contribution in [1.82, 2.24) is 15.3 Å². The quantitative estimate of drug-likeness (QED) is 0.715. The SMILES string of the molecule is Cc1cc(C)c2c3c([nH]c2c1)C(c1ccccn1)NCC3. The van der Waals surface area contributed by atoms with Gasteiger partial charge in [-0.05, 0) is 55.2 Å². The van der Waals surface area contributed by atoms with Crippen LogP contribution < -0.4 is 5.32 Å². The second-order valence-corrected chi connectivity index (χ2v) is 5.91. The van der Waals surface area contributed by atoms with Gasteiger partial charge in [-0.3, -0.25) is 4.98 Å². The highest BCUT2D eigenvalue weighted by atomic mass is 15.0. The van der Waals surface area contributed by atoms with E-state index >= 15 is 0 Å². The highest BCUT2D eigenvalue weighted by Crippen LogP contribution is 2.34. The number of H-pyrrole nitrogens is 1. The van der Waals surface area contributed by atoms with E-state index in [0.29, 0.717) is 0 Å². The largest absolute Gasteiger partial charge is 0.357 e. The van der Waals surface area contributed by atoms with Crippen molar-refractivity contribution in [3.05, 3.63) is 64.6 Å². The van der Waals surface area contributed by atoms with Gasteiger partial charge in [0.05, 0.1) is 11.7 Å². The van der Waals surface area contributed by atoms with Crippen LogP contribution in [0.4, 0.5) is 0 Å². The fourth-order valence-electron chi connectivity index (χ4n) is 3.57. The minimum absolute atomic E-state index is 0.169. The molecule has 1 aromatic carbocycles. The average Bonchev–Trinajstić information content (AvgIpc) is 2.86. The van der Waals surface area contributed by atoms with Crippen LogP contribution in [0.2, 0.25) is 0 Å². The van der Waals surface area contributed by atoms with E-state index in [0.717, 1.165) is 18.7 Å². The van der Waals surface area contributed by atoms with Gasteiger partial charge in [-0.25, -0.2) is 0 Å². The Bertz CT molecular complexity index is 802. The Hall–Kier alpha value is -2.13. The number of nitrogens with zero attached hydrogens (tertiary/aromatic N) is 1. The Morgan fingerprint density at radius 3 is 2.90 bits per heavy atom. The molecule has 21 heavy (non-hydrogen) atoms. The zero-order valence-electron chi connectivity index (χ0n) is 12.4. The maximum atomic E-state index is 4.53. The molecule has 0 amide bonds. The van der Waals surface area contributed by atoms with Crippen molar-refractivity contribution in [3.8, 4) is 0 Å². The van der Waals surface area contributed by atoms with E-state index in [1.165, 1.54) is 33.3 Å². The topological polar surface area (TPSA) is 40.7 Å². The molecule has 3 nitrogen and oxygen atoms in total. The fourth-order valence-corrected chi connectivity index (χ4v) is 3.57. The van der Waals surface area contributed by atoms with Crippen LogP contribution in [0, 0.1) is 13.8 Å². The minimum Gasteiger partial charge on any atom is -0.357 e. The standard InChI is InChI=1S/C18H19N3/c1-11-9-12(2)16-13-6-8-20-18(14-5-3-4-7-19-14)17(13)21-15(16)10-11/h3-5,7,9-10,18,20-21H,6,8H2,1-2H3. The maximum Gasteiger partial charge on any atom is 0.0906 e. The Kier molecular flexibility index (Phi) is 2.82. The van der Waals surface area contributed by atoms with Crippen LogP contribution >= 0.6 is 0 Å². The third kappa shape index (κ3) is 1.96. The summed E-state index contributed by atoms with van der Waals surface area (Å²) >= 11 is 0. The van der Waals surface area contributed by atoms with Gasteiger partial charge in [0.15, 0.2) is 0 Å². The van der Waals surface area contributed by atoms with E-state index in [-0.39, 0.29) is 6.04 Å². The van der Waals surface area contributed by atoms with Crippen molar-refractivity contribution in [3.63, 3.8) is 0 Å². The predicted octanol–water partition coefficient (Wildman–Crippen LogP) is 3.41. The van der Waals surface area contributed by atoms with Crippen LogP contribution in [-0.4, -0.2) is 16.5 Å². The molecule has 3 heteroatoms. The zero-order chi connectivity index (χ0) is 14.4. The van der Waals surface area contributed by atoms with Crippen LogP contribution in [0.1, 0.15) is 34.1 Å². The van der Waals surface area contributed by atoms with Crippen LogP contribution in [0.25, 0.3) is 10.9 Å². The van der Waals surface area contributed by atoms with Gasteiger partial charge in [0.2, 0.25) is 0 Å². The molecule has 106 valence electrons. The molecule has 1 aliphatic rings. The average molecular weight is 277 g/mol. The van der Waals surface area contributed by atoms with Crippen molar-refractivity contribution in [1.29, 1.82) is 0 Å². The summed E-state index contributed by atoms with van der Waals surface area (Å²) in [6.07, 6.45) is 2.94. The lowest BCUT2D eigenvalue weighted by molar-refractivity contribution is 0.549. The summed E-state index contributed by atoms with van der Waals surface area (Å²) in [7, 11) is 0. The molecule has 2 N–H and O–H groups in total. The van der Waals surface area contributed by atoms with Crippen LogP contribution in [-0.2, 0) is 6.42 Å². The molecule has 3 aromatic rings. The molecule has 2 aromatic heterocycles. The Balaban J connectivity index is 1.95. The molecule has 0 aliphatic carbocycles. The molecule has 0 saturated carbocycles. The van der Waals surface area contributed by atoms with Crippen molar-refractivity contribution < 1.29 is 0 Å². The van der Waals surface area contributed by atoms with Gasteiger partial charge in [0.1, 0.15) is 0 Å². The van der Waals surface area contributed by atoms with Gasteiger partial charge in [-0.1, -0.05) is 12.1 Å². The number of aryl methyl sites for hydroxylation is 2. The first-order chi connectivity index (χ1) is 10.2. The fraction of sp³-hybridized carbons (Fsp3) is 0.278. The van der Waals surface area contributed by atoms with E-state index in [1.54, 1.807) is 0 Å². The molecule has 0 radical (unpaired) electrons. The van der Waals surface area contributed by atoms with Crippen molar-refractivity contribution in [2.45, 2.75) is 26.3 Å². The molecule has 1 atom stereocenters. The van der Waals surface area contributed by atoms with Gasteiger partial charge < -0.3 is 10.3 Å². The first kappa shape index (κ1) is 12.6. The molecule has 0 spiro atoms. The summed E-state index contributed by atoms with van der Waals surface area (Å²) in [5, 5.41) is 4.99. The van der Waals surface area contributed by atoms with Crippen molar-refractivity contribution >= 4 is 10.9 Å². The van der Waals surface area contributed by atoms with E-state index in [2.05, 4.69) is 53.4 Å². The molecular formula is C18H19N3. The van der Waals surface area contributed by atoms with Crippen LogP contribution in [0.3, 0.4) is 0 Å². The Morgan fingerprint density at radius 1 is 1.19 bits per heavy atom. The highest BCUT2D eigenvalue weighted by Gasteiger charge is 2.26. The molecule has 0 bridgehead atoms. The second kappa shape index (κ2) is 4.71. The van der Waals surface area contributed by atoms with Gasteiger partial charge in [0, 0.05) is 29.3 Å².